The monoisotopic (exact) mass is 140 g/mol. The van der Waals surface area contributed by atoms with E-state index in [1.54, 1.807) is 0 Å². The van der Waals surface area contributed by atoms with E-state index in [1.807, 2.05) is 18.0 Å². The number of H-pyrrole nitrogens is 1. The molecule has 1 aromatic heterocycles. The number of aromatic amines is 1. The third-order valence-electron chi connectivity index (χ3n) is 1.57. The second-order valence-corrected chi connectivity index (χ2v) is 3.47. The van der Waals surface area contributed by atoms with E-state index in [9.17, 15) is 0 Å². The Bertz CT molecular complexity index is 179. The predicted molar refractivity (Wildman–Crippen MR) is 38.4 cm³/mol. The van der Waals surface area contributed by atoms with Gasteiger partial charge in [-0.05, 0) is 18.2 Å². The van der Waals surface area contributed by atoms with Gasteiger partial charge in [-0.25, -0.2) is 0 Å². The molecule has 1 aromatic rings. The minimum atomic E-state index is 0.715. The van der Waals surface area contributed by atoms with Crippen LogP contribution in [0.15, 0.2) is 12.3 Å². The first-order chi connectivity index (χ1) is 4.47. The van der Waals surface area contributed by atoms with Crippen molar-refractivity contribution in [1.82, 2.24) is 10.2 Å². The highest BCUT2D eigenvalue weighted by molar-refractivity contribution is 8.00. The summed E-state index contributed by atoms with van der Waals surface area (Å²) >= 11 is 1.99. The third kappa shape index (κ3) is 0.852. The molecule has 1 fully saturated rings. The molecule has 0 spiro atoms. The topological polar surface area (TPSA) is 28.7 Å². The predicted octanol–water partition coefficient (Wildman–Crippen LogP) is 1.59. The lowest BCUT2D eigenvalue weighted by Gasteiger charge is -2.22. The van der Waals surface area contributed by atoms with Crippen molar-refractivity contribution in [3.8, 4) is 0 Å². The zero-order valence-corrected chi connectivity index (χ0v) is 5.82. The first kappa shape index (κ1) is 5.35. The van der Waals surface area contributed by atoms with Gasteiger partial charge in [0.1, 0.15) is 0 Å². The summed E-state index contributed by atoms with van der Waals surface area (Å²) in [5.74, 6) is 1.31. The number of hydrogen-bond acceptors (Lipinski definition) is 2. The van der Waals surface area contributed by atoms with Gasteiger partial charge in [0.2, 0.25) is 0 Å². The molecular formula is C6H8N2S. The SMILES string of the molecule is c1cc(C2CCS2)[nH]n1. The Balaban J connectivity index is 2.14. The lowest BCUT2D eigenvalue weighted by molar-refractivity contribution is 0.808. The number of nitrogens with zero attached hydrogens (tertiary/aromatic N) is 1. The van der Waals surface area contributed by atoms with Crippen molar-refractivity contribution < 1.29 is 0 Å². The van der Waals surface area contributed by atoms with Crippen molar-refractivity contribution in [3.63, 3.8) is 0 Å². The molecule has 0 saturated carbocycles. The van der Waals surface area contributed by atoms with Crippen molar-refractivity contribution in [1.29, 1.82) is 0 Å². The summed E-state index contributed by atoms with van der Waals surface area (Å²) in [6.45, 7) is 0. The molecule has 2 nitrogen and oxygen atoms in total. The van der Waals surface area contributed by atoms with Crippen molar-refractivity contribution in [2.24, 2.45) is 0 Å². The summed E-state index contributed by atoms with van der Waals surface area (Å²) in [6, 6.07) is 2.05. The van der Waals surface area contributed by atoms with Crippen molar-refractivity contribution in [3.05, 3.63) is 18.0 Å². The molecule has 9 heavy (non-hydrogen) atoms. The van der Waals surface area contributed by atoms with E-state index in [-0.39, 0.29) is 0 Å². The molecule has 2 rings (SSSR count). The first-order valence-corrected chi connectivity index (χ1v) is 4.12. The Labute approximate surface area is 58.0 Å². The normalized spacial score (nSPS) is 25.6. The van der Waals surface area contributed by atoms with Crippen LogP contribution >= 0.6 is 11.8 Å². The van der Waals surface area contributed by atoms with Crippen LogP contribution in [0.1, 0.15) is 17.4 Å². The van der Waals surface area contributed by atoms with Gasteiger partial charge in [-0.2, -0.15) is 16.9 Å². The maximum Gasteiger partial charge on any atom is 0.0490 e. The van der Waals surface area contributed by atoms with Crippen LogP contribution in [0.2, 0.25) is 0 Å². The quantitative estimate of drug-likeness (QED) is 0.641. The zero-order chi connectivity index (χ0) is 6.10. The van der Waals surface area contributed by atoms with E-state index in [4.69, 9.17) is 0 Å². The second kappa shape index (κ2) is 2.06. The Hall–Kier alpha value is -0.440. The highest BCUT2D eigenvalue weighted by Crippen LogP contribution is 2.40. The molecule has 1 unspecified atom stereocenters. The molecule has 3 heteroatoms. The fourth-order valence-corrected chi connectivity index (χ4v) is 1.71. The highest BCUT2D eigenvalue weighted by Gasteiger charge is 2.20. The fraction of sp³-hybridized carbons (Fsp3) is 0.500. The van der Waals surface area contributed by atoms with Crippen molar-refractivity contribution >= 4 is 11.8 Å². The van der Waals surface area contributed by atoms with Gasteiger partial charge in [-0.3, -0.25) is 5.10 Å². The zero-order valence-electron chi connectivity index (χ0n) is 5.00. The van der Waals surface area contributed by atoms with Gasteiger partial charge in [0.25, 0.3) is 0 Å². The van der Waals surface area contributed by atoms with Crippen LogP contribution in [0.4, 0.5) is 0 Å². The molecule has 0 radical (unpaired) electrons. The van der Waals surface area contributed by atoms with E-state index < -0.39 is 0 Å². The summed E-state index contributed by atoms with van der Waals surface area (Å²) in [7, 11) is 0. The molecule has 1 N–H and O–H groups in total. The molecule has 1 aliphatic heterocycles. The lowest BCUT2D eigenvalue weighted by Crippen LogP contribution is -2.06. The van der Waals surface area contributed by atoms with Crippen LogP contribution in [-0.4, -0.2) is 16.0 Å². The van der Waals surface area contributed by atoms with Crippen molar-refractivity contribution in [2.45, 2.75) is 11.7 Å². The number of rotatable bonds is 1. The number of nitrogens with one attached hydrogen (secondary N) is 1. The number of hydrogen-bond donors (Lipinski definition) is 1. The minimum Gasteiger partial charge on any atom is -0.281 e. The summed E-state index contributed by atoms with van der Waals surface area (Å²) in [6.07, 6.45) is 3.13. The average molecular weight is 140 g/mol. The summed E-state index contributed by atoms with van der Waals surface area (Å²) in [5.41, 5.74) is 1.28. The smallest absolute Gasteiger partial charge is 0.0490 e. The lowest BCUT2D eigenvalue weighted by atomic mass is 10.2. The van der Waals surface area contributed by atoms with E-state index in [0.29, 0.717) is 5.25 Å². The molecule has 1 saturated heterocycles. The molecule has 48 valence electrons. The summed E-state index contributed by atoms with van der Waals surface area (Å²) < 4.78 is 0. The molecule has 1 aliphatic rings. The van der Waals surface area contributed by atoms with E-state index in [1.165, 1.54) is 17.9 Å². The van der Waals surface area contributed by atoms with Gasteiger partial charge < -0.3 is 0 Å². The number of aromatic nitrogens is 2. The maximum absolute atomic E-state index is 3.89. The van der Waals surface area contributed by atoms with Gasteiger partial charge in [0.15, 0.2) is 0 Å². The number of thioether (sulfide) groups is 1. The molecule has 0 aliphatic carbocycles. The minimum absolute atomic E-state index is 0.715. The molecule has 2 heterocycles. The Kier molecular flexibility index (Phi) is 1.23. The van der Waals surface area contributed by atoms with E-state index >= 15 is 0 Å². The molecule has 0 aromatic carbocycles. The van der Waals surface area contributed by atoms with E-state index in [0.717, 1.165) is 0 Å². The maximum atomic E-state index is 3.89. The standard InChI is InChI=1S/C6H8N2S/c1-3-7-8-5(1)6-2-4-9-6/h1,3,6H,2,4H2,(H,7,8). The Morgan fingerprint density at radius 2 is 2.67 bits per heavy atom. The van der Waals surface area contributed by atoms with Gasteiger partial charge in [-0.1, -0.05) is 0 Å². The Morgan fingerprint density at radius 1 is 1.78 bits per heavy atom. The van der Waals surface area contributed by atoms with Crippen molar-refractivity contribution in [2.75, 3.05) is 5.75 Å². The fourth-order valence-electron chi connectivity index (χ4n) is 0.927. The van der Waals surface area contributed by atoms with Crippen LogP contribution in [0.5, 0.6) is 0 Å². The van der Waals surface area contributed by atoms with Crippen LogP contribution in [-0.2, 0) is 0 Å². The van der Waals surface area contributed by atoms with Crippen LogP contribution in [0, 0.1) is 0 Å². The molecule has 0 bridgehead atoms. The third-order valence-corrected chi connectivity index (χ3v) is 2.93. The van der Waals surface area contributed by atoms with E-state index in [2.05, 4.69) is 16.3 Å². The summed E-state index contributed by atoms with van der Waals surface area (Å²) in [4.78, 5) is 0. The van der Waals surface area contributed by atoms with Gasteiger partial charge in [-0.15, -0.1) is 0 Å². The van der Waals surface area contributed by atoms with Gasteiger partial charge in [0, 0.05) is 17.1 Å². The Morgan fingerprint density at radius 3 is 3.11 bits per heavy atom. The molecule has 0 amide bonds. The average Bonchev–Trinajstić information content (AvgIpc) is 2.11. The van der Waals surface area contributed by atoms with Crippen LogP contribution in [0.3, 0.4) is 0 Å². The van der Waals surface area contributed by atoms with Crippen LogP contribution in [0.25, 0.3) is 0 Å². The molecular weight excluding hydrogens is 132 g/mol. The highest BCUT2D eigenvalue weighted by atomic mass is 32.2. The second-order valence-electron chi connectivity index (χ2n) is 2.16. The van der Waals surface area contributed by atoms with Crippen LogP contribution < -0.4 is 0 Å². The summed E-state index contributed by atoms with van der Waals surface area (Å²) in [5, 5.41) is 7.57. The van der Waals surface area contributed by atoms with Gasteiger partial charge >= 0.3 is 0 Å². The molecule has 1 atom stereocenters. The largest absolute Gasteiger partial charge is 0.281 e. The van der Waals surface area contributed by atoms with Gasteiger partial charge in [0.05, 0.1) is 0 Å². The first-order valence-electron chi connectivity index (χ1n) is 3.08.